The molecule has 0 heterocycles. The largest absolute Gasteiger partial charge is 0.481 e. The van der Waals surface area contributed by atoms with E-state index in [4.69, 9.17) is 5.73 Å². The fourth-order valence-electron chi connectivity index (χ4n) is 2.49. The fourth-order valence-corrected chi connectivity index (χ4v) is 2.49. The second-order valence-corrected chi connectivity index (χ2v) is 5.49. The summed E-state index contributed by atoms with van der Waals surface area (Å²) in [6.07, 6.45) is 3.66. The lowest BCUT2D eigenvalue weighted by atomic mass is 9.85. The minimum absolute atomic E-state index is 0.309. The first kappa shape index (κ1) is 16.3. The molecule has 20 heavy (non-hydrogen) atoms. The number of rotatable bonds is 7. The number of amides is 3. The average molecular weight is 285 g/mol. The minimum atomic E-state index is -0.886. The molecule has 0 aromatic heterocycles. The predicted octanol–water partition coefficient (Wildman–Crippen LogP) is 0.585. The highest BCUT2D eigenvalue weighted by Crippen LogP contribution is 2.38. The second-order valence-electron chi connectivity index (χ2n) is 5.49. The first-order valence-electron chi connectivity index (χ1n) is 6.92. The summed E-state index contributed by atoms with van der Waals surface area (Å²) in [7, 11) is 0. The number of hydrogen-bond acceptors (Lipinski definition) is 3. The smallest absolute Gasteiger partial charge is 0.315 e. The molecular formula is C13H23N3O4. The van der Waals surface area contributed by atoms with Crippen molar-refractivity contribution >= 4 is 17.9 Å². The molecule has 2 atom stereocenters. The van der Waals surface area contributed by atoms with Gasteiger partial charge < -0.3 is 21.5 Å². The molecule has 0 saturated heterocycles. The maximum Gasteiger partial charge on any atom is 0.315 e. The van der Waals surface area contributed by atoms with E-state index in [1.807, 2.05) is 0 Å². The molecular weight excluding hydrogens is 262 g/mol. The standard InChI is InChI=1S/C13H23N3O4/c1-13(11(18)19)7-4-5-9(13)16-12(20)15-8-3-2-6-10(14)17/h9H,2-8H2,1H3,(H2,14,17)(H,18,19)(H2,15,16,20). The van der Waals surface area contributed by atoms with Crippen LogP contribution in [0.5, 0.6) is 0 Å². The van der Waals surface area contributed by atoms with Crippen molar-refractivity contribution in [2.75, 3.05) is 6.54 Å². The van der Waals surface area contributed by atoms with Gasteiger partial charge in [-0.15, -0.1) is 0 Å². The van der Waals surface area contributed by atoms with E-state index < -0.39 is 11.4 Å². The molecule has 0 aromatic rings. The highest BCUT2D eigenvalue weighted by molar-refractivity contribution is 5.79. The van der Waals surface area contributed by atoms with Gasteiger partial charge in [0.05, 0.1) is 5.41 Å². The third kappa shape index (κ3) is 4.40. The van der Waals surface area contributed by atoms with Gasteiger partial charge in [-0.3, -0.25) is 9.59 Å². The monoisotopic (exact) mass is 285 g/mol. The number of nitrogens with two attached hydrogens (primary N) is 1. The number of aliphatic carboxylic acids is 1. The number of hydrogen-bond donors (Lipinski definition) is 4. The number of unbranched alkanes of at least 4 members (excludes halogenated alkanes) is 1. The molecule has 1 saturated carbocycles. The van der Waals surface area contributed by atoms with Crippen LogP contribution in [0.15, 0.2) is 0 Å². The van der Waals surface area contributed by atoms with Crippen LogP contribution >= 0.6 is 0 Å². The zero-order valence-corrected chi connectivity index (χ0v) is 11.8. The lowest BCUT2D eigenvalue weighted by Gasteiger charge is -2.27. The molecule has 7 nitrogen and oxygen atoms in total. The number of carboxylic acid groups (broad SMARTS) is 1. The van der Waals surface area contributed by atoms with Gasteiger partial charge in [-0.05, 0) is 32.6 Å². The molecule has 0 aliphatic heterocycles. The van der Waals surface area contributed by atoms with Crippen LogP contribution in [0.2, 0.25) is 0 Å². The molecule has 0 spiro atoms. The lowest BCUT2D eigenvalue weighted by molar-refractivity contribution is -0.148. The molecule has 1 aliphatic carbocycles. The van der Waals surface area contributed by atoms with Gasteiger partial charge in [0.25, 0.3) is 0 Å². The van der Waals surface area contributed by atoms with Gasteiger partial charge in [-0.2, -0.15) is 0 Å². The molecule has 1 aliphatic rings. The number of primary amides is 1. The molecule has 0 aromatic carbocycles. The van der Waals surface area contributed by atoms with Crippen molar-refractivity contribution in [2.45, 2.75) is 51.5 Å². The topological polar surface area (TPSA) is 122 Å². The summed E-state index contributed by atoms with van der Waals surface area (Å²) in [6, 6.07) is -0.700. The fraction of sp³-hybridized carbons (Fsp3) is 0.769. The number of nitrogens with one attached hydrogen (secondary N) is 2. The van der Waals surface area contributed by atoms with E-state index in [1.165, 1.54) is 0 Å². The Morgan fingerprint density at radius 2 is 2.05 bits per heavy atom. The second kappa shape index (κ2) is 7.12. The highest BCUT2D eigenvalue weighted by atomic mass is 16.4. The van der Waals surface area contributed by atoms with E-state index in [1.54, 1.807) is 6.92 Å². The van der Waals surface area contributed by atoms with Crippen molar-refractivity contribution < 1.29 is 19.5 Å². The van der Waals surface area contributed by atoms with Gasteiger partial charge in [0.1, 0.15) is 0 Å². The van der Waals surface area contributed by atoms with Crippen LogP contribution in [-0.4, -0.2) is 35.6 Å². The van der Waals surface area contributed by atoms with E-state index in [0.29, 0.717) is 38.6 Å². The van der Waals surface area contributed by atoms with E-state index in [2.05, 4.69) is 10.6 Å². The zero-order valence-electron chi connectivity index (χ0n) is 11.8. The Balaban J connectivity index is 2.28. The first-order chi connectivity index (χ1) is 9.36. The quantitative estimate of drug-likeness (QED) is 0.511. The molecule has 0 radical (unpaired) electrons. The molecule has 1 rings (SSSR count). The average Bonchev–Trinajstić information content (AvgIpc) is 2.71. The van der Waals surface area contributed by atoms with Crippen molar-refractivity contribution in [1.29, 1.82) is 0 Å². The van der Waals surface area contributed by atoms with E-state index in [9.17, 15) is 19.5 Å². The van der Waals surface area contributed by atoms with Crippen molar-refractivity contribution in [3.63, 3.8) is 0 Å². The molecule has 5 N–H and O–H groups in total. The van der Waals surface area contributed by atoms with Crippen molar-refractivity contribution in [1.82, 2.24) is 10.6 Å². The van der Waals surface area contributed by atoms with Crippen molar-refractivity contribution in [3.05, 3.63) is 0 Å². The van der Waals surface area contributed by atoms with Crippen LogP contribution in [0.25, 0.3) is 0 Å². The Hall–Kier alpha value is -1.79. The summed E-state index contributed by atoms with van der Waals surface area (Å²) in [4.78, 5) is 33.5. The van der Waals surface area contributed by atoms with E-state index >= 15 is 0 Å². The Morgan fingerprint density at radius 3 is 2.65 bits per heavy atom. The normalized spacial score (nSPS) is 25.1. The molecule has 0 bridgehead atoms. The summed E-state index contributed by atoms with van der Waals surface area (Å²) in [6.45, 7) is 2.11. The Morgan fingerprint density at radius 1 is 1.35 bits per heavy atom. The summed E-state index contributed by atoms with van der Waals surface area (Å²) >= 11 is 0. The molecule has 2 unspecified atom stereocenters. The van der Waals surface area contributed by atoms with Crippen LogP contribution < -0.4 is 16.4 Å². The number of carbonyl (C=O) groups excluding carboxylic acids is 2. The SMILES string of the molecule is CC1(C(=O)O)CCCC1NC(=O)NCCCCC(N)=O. The Kier molecular flexibility index (Phi) is 5.79. The third-order valence-corrected chi connectivity index (χ3v) is 3.89. The Labute approximate surface area is 118 Å². The summed E-state index contributed by atoms with van der Waals surface area (Å²) < 4.78 is 0. The number of carbonyl (C=O) groups is 3. The van der Waals surface area contributed by atoms with E-state index in [-0.39, 0.29) is 18.0 Å². The summed E-state index contributed by atoms with van der Waals surface area (Å²) in [5, 5.41) is 14.6. The molecule has 7 heteroatoms. The third-order valence-electron chi connectivity index (χ3n) is 3.89. The van der Waals surface area contributed by atoms with Gasteiger partial charge in [0.2, 0.25) is 5.91 Å². The van der Waals surface area contributed by atoms with Crippen LogP contribution in [0.4, 0.5) is 4.79 Å². The predicted molar refractivity (Wildman–Crippen MR) is 73.0 cm³/mol. The van der Waals surface area contributed by atoms with Gasteiger partial charge in [0, 0.05) is 19.0 Å². The minimum Gasteiger partial charge on any atom is -0.481 e. The lowest BCUT2D eigenvalue weighted by Crippen LogP contribution is -2.50. The number of carboxylic acids is 1. The Bertz CT molecular complexity index is 386. The van der Waals surface area contributed by atoms with Gasteiger partial charge in [-0.1, -0.05) is 6.42 Å². The van der Waals surface area contributed by atoms with E-state index in [0.717, 1.165) is 6.42 Å². The highest BCUT2D eigenvalue weighted by Gasteiger charge is 2.45. The van der Waals surface area contributed by atoms with Crippen LogP contribution in [0.1, 0.15) is 45.4 Å². The van der Waals surface area contributed by atoms with Gasteiger partial charge in [-0.25, -0.2) is 4.79 Å². The molecule has 3 amide bonds. The van der Waals surface area contributed by atoms with Crippen molar-refractivity contribution in [3.8, 4) is 0 Å². The van der Waals surface area contributed by atoms with Gasteiger partial charge in [0.15, 0.2) is 0 Å². The van der Waals surface area contributed by atoms with Crippen LogP contribution in [0, 0.1) is 5.41 Å². The molecule has 1 fully saturated rings. The van der Waals surface area contributed by atoms with Gasteiger partial charge >= 0.3 is 12.0 Å². The number of urea groups is 1. The van der Waals surface area contributed by atoms with Crippen LogP contribution in [0.3, 0.4) is 0 Å². The maximum atomic E-state index is 11.7. The molecule has 114 valence electrons. The van der Waals surface area contributed by atoms with Crippen molar-refractivity contribution in [2.24, 2.45) is 11.1 Å². The summed E-state index contributed by atoms with van der Waals surface area (Å²) in [5.41, 5.74) is 4.12. The first-order valence-corrected chi connectivity index (χ1v) is 6.92. The maximum absolute atomic E-state index is 11.7. The zero-order chi connectivity index (χ0) is 15.2. The van der Waals surface area contributed by atoms with Crippen LogP contribution in [-0.2, 0) is 9.59 Å². The summed E-state index contributed by atoms with van der Waals surface area (Å²) in [5.74, 6) is -1.22.